The lowest BCUT2D eigenvalue weighted by Crippen LogP contribution is -2.27. The van der Waals surface area contributed by atoms with Gasteiger partial charge in [-0.25, -0.2) is 5.06 Å². The van der Waals surface area contributed by atoms with E-state index in [2.05, 4.69) is 14.7 Å². The fourth-order valence-electron chi connectivity index (χ4n) is 1.87. The minimum atomic E-state index is -4.68. The molecule has 0 atom stereocenters. The second-order valence-corrected chi connectivity index (χ2v) is 4.81. The number of carbonyl (C=O) groups is 1. The molecule has 0 aliphatic carbocycles. The zero-order valence-electron chi connectivity index (χ0n) is 12.6. The largest absolute Gasteiger partial charge is 0.471 e. The number of likely N-dealkylation sites (N-methyl/N-ethyl adjacent to an activating group) is 1. The Kier molecular flexibility index (Phi) is 4.69. The molecule has 0 unspecified atom stereocenters. The van der Waals surface area contributed by atoms with Crippen LogP contribution in [0, 0.1) is 6.92 Å². The molecule has 0 fully saturated rings. The first-order valence-electron chi connectivity index (χ1n) is 6.54. The van der Waals surface area contributed by atoms with E-state index in [4.69, 9.17) is 4.84 Å². The van der Waals surface area contributed by atoms with Crippen molar-refractivity contribution >= 4 is 5.91 Å². The zero-order chi connectivity index (χ0) is 17.2. The van der Waals surface area contributed by atoms with Gasteiger partial charge in [-0.05, 0) is 24.1 Å². The highest BCUT2D eigenvalue weighted by molar-refractivity contribution is 5.78. The second kappa shape index (κ2) is 6.37. The molecule has 0 saturated carbocycles. The van der Waals surface area contributed by atoms with Crippen LogP contribution in [0.3, 0.4) is 0 Å². The molecule has 0 radical (unpaired) electrons. The molecule has 0 spiro atoms. The summed E-state index contributed by atoms with van der Waals surface area (Å²) in [4.78, 5) is 19.9. The summed E-state index contributed by atoms with van der Waals surface area (Å²) < 4.78 is 41.6. The highest BCUT2D eigenvalue weighted by Gasteiger charge is 2.38. The summed E-state index contributed by atoms with van der Waals surface area (Å²) in [6, 6.07) is 4.77. The third kappa shape index (κ3) is 3.86. The van der Waals surface area contributed by atoms with Crippen LogP contribution in [0.2, 0.25) is 0 Å². The monoisotopic (exact) mass is 329 g/mol. The number of halogens is 3. The summed E-state index contributed by atoms with van der Waals surface area (Å²) in [5, 5.41) is 4.42. The van der Waals surface area contributed by atoms with E-state index in [1.807, 2.05) is 0 Å². The Hall–Kier alpha value is -2.42. The van der Waals surface area contributed by atoms with Gasteiger partial charge in [-0.2, -0.15) is 18.2 Å². The molecule has 6 nitrogen and oxygen atoms in total. The summed E-state index contributed by atoms with van der Waals surface area (Å²) in [7, 11) is 2.87. The minimum absolute atomic E-state index is 0.108. The number of amides is 1. The fraction of sp³-hybridized carbons (Fsp3) is 0.357. The van der Waals surface area contributed by atoms with Crippen LogP contribution in [0.1, 0.15) is 17.0 Å². The van der Waals surface area contributed by atoms with Crippen LogP contribution in [0.25, 0.3) is 11.4 Å². The van der Waals surface area contributed by atoms with Gasteiger partial charge < -0.3 is 4.52 Å². The minimum Gasteiger partial charge on any atom is -0.329 e. The first-order valence-corrected chi connectivity index (χ1v) is 6.54. The van der Waals surface area contributed by atoms with Gasteiger partial charge in [-0.15, -0.1) is 0 Å². The number of nitrogens with zero attached hydrogens (tertiary/aromatic N) is 3. The molecule has 1 aromatic carbocycles. The van der Waals surface area contributed by atoms with E-state index in [0.717, 1.165) is 16.2 Å². The molecule has 0 aliphatic rings. The average molecular weight is 329 g/mol. The van der Waals surface area contributed by atoms with Gasteiger partial charge in [0.15, 0.2) is 0 Å². The summed E-state index contributed by atoms with van der Waals surface area (Å²) >= 11 is 0. The number of benzene rings is 1. The lowest BCUT2D eigenvalue weighted by Gasteiger charge is -2.14. The maximum absolute atomic E-state index is 12.5. The topological polar surface area (TPSA) is 68.5 Å². The summed E-state index contributed by atoms with van der Waals surface area (Å²) in [5.74, 6) is -1.80. The fourth-order valence-corrected chi connectivity index (χ4v) is 1.87. The molecular weight excluding hydrogens is 315 g/mol. The highest BCUT2D eigenvalue weighted by Crippen LogP contribution is 2.29. The number of hydroxylamine groups is 2. The van der Waals surface area contributed by atoms with Crippen molar-refractivity contribution in [1.82, 2.24) is 15.2 Å². The molecule has 1 heterocycles. The van der Waals surface area contributed by atoms with Gasteiger partial charge >= 0.3 is 12.1 Å². The Balaban J connectivity index is 2.22. The van der Waals surface area contributed by atoms with Crippen molar-refractivity contribution < 1.29 is 27.3 Å². The number of hydrogen-bond donors (Lipinski definition) is 0. The zero-order valence-corrected chi connectivity index (χ0v) is 12.6. The Morgan fingerprint density at radius 1 is 1.39 bits per heavy atom. The predicted octanol–water partition coefficient (Wildman–Crippen LogP) is 2.63. The molecule has 9 heteroatoms. The SMILES string of the molecule is CON(C)C(=O)Cc1ccc(-c2noc(C(F)(F)F)n2)cc1C. The normalized spacial score (nSPS) is 11.6. The third-order valence-corrected chi connectivity index (χ3v) is 3.24. The number of rotatable bonds is 4. The lowest BCUT2D eigenvalue weighted by molar-refractivity contribution is -0.167. The van der Waals surface area contributed by atoms with Gasteiger partial charge in [0.2, 0.25) is 11.7 Å². The number of aromatic nitrogens is 2. The molecule has 2 aromatic rings. The van der Waals surface area contributed by atoms with E-state index >= 15 is 0 Å². The molecule has 0 N–H and O–H groups in total. The summed E-state index contributed by atoms with van der Waals surface area (Å²) in [6.07, 6.45) is -4.58. The van der Waals surface area contributed by atoms with Crippen LogP contribution in [0.15, 0.2) is 22.7 Å². The van der Waals surface area contributed by atoms with Crippen LogP contribution >= 0.6 is 0 Å². The highest BCUT2D eigenvalue weighted by atomic mass is 19.4. The quantitative estimate of drug-likeness (QED) is 0.807. The standard InChI is InChI=1S/C14H14F3N3O3/c1-8-6-10(12-18-13(23-19-12)14(15,16)17)5-4-9(8)7-11(21)20(2)22-3/h4-6H,7H2,1-3H3. The number of hydrogen-bond acceptors (Lipinski definition) is 5. The predicted molar refractivity (Wildman–Crippen MR) is 73.0 cm³/mol. The molecule has 1 aromatic heterocycles. The van der Waals surface area contributed by atoms with E-state index in [1.165, 1.54) is 20.2 Å². The molecular formula is C14H14F3N3O3. The first kappa shape index (κ1) is 16.9. The van der Waals surface area contributed by atoms with Crippen LogP contribution in [-0.4, -0.2) is 35.3 Å². The van der Waals surface area contributed by atoms with Gasteiger partial charge in [0.1, 0.15) is 0 Å². The lowest BCUT2D eigenvalue weighted by atomic mass is 10.0. The number of alkyl halides is 3. The van der Waals surface area contributed by atoms with Gasteiger partial charge in [0, 0.05) is 12.6 Å². The molecule has 2 rings (SSSR count). The summed E-state index contributed by atoms with van der Waals surface area (Å²) in [5.41, 5.74) is 1.82. The Labute approximate surface area is 129 Å². The Morgan fingerprint density at radius 3 is 2.61 bits per heavy atom. The van der Waals surface area contributed by atoms with Gasteiger partial charge in [-0.3, -0.25) is 9.63 Å². The van der Waals surface area contributed by atoms with E-state index in [-0.39, 0.29) is 18.2 Å². The number of aryl methyl sites for hydroxylation is 1. The van der Waals surface area contributed by atoms with Crippen molar-refractivity contribution in [1.29, 1.82) is 0 Å². The van der Waals surface area contributed by atoms with Crippen molar-refractivity contribution in [2.45, 2.75) is 19.5 Å². The molecule has 1 amide bonds. The smallest absolute Gasteiger partial charge is 0.329 e. The second-order valence-electron chi connectivity index (χ2n) is 4.81. The van der Waals surface area contributed by atoms with Crippen LogP contribution in [-0.2, 0) is 22.2 Å². The van der Waals surface area contributed by atoms with Crippen LogP contribution in [0.5, 0.6) is 0 Å². The third-order valence-electron chi connectivity index (χ3n) is 3.24. The van der Waals surface area contributed by atoms with Crippen molar-refractivity contribution in [3.05, 3.63) is 35.2 Å². The van der Waals surface area contributed by atoms with Gasteiger partial charge in [0.05, 0.1) is 13.5 Å². The maximum Gasteiger partial charge on any atom is 0.471 e. The van der Waals surface area contributed by atoms with E-state index in [9.17, 15) is 18.0 Å². The molecule has 23 heavy (non-hydrogen) atoms. The van der Waals surface area contributed by atoms with Crippen molar-refractivity contribution in [3.8, 4) is 11.4 Å². The number of carbonyl (C=O) groups excluding carboxylic acids is 1. The van der Waals surface area contributed by atoms with Crippen molar-refractivity contribution in [3.63, 3.8) is 0 Å². The van der Waals surface area contributed by atoms with Crippen molar-refractivity contribution in [2.75, 3.05) is 14.2 Å². The first-order chi connectivity index (χ1) is 10.7. The molecule has 0 bridgehead atoms. The molecule has 124 valence electrons. The van der Waals surface area contributed by atoms with Crippen LogP contribution < -0.4 is 0 Å². The van der Waals surface area contributed by atoms with Crippen molar-refractivity contribution in [2.24, 2.45) is 0 Å². The Morgan fingerprint density at radius 2 is 2.09 bits per heavy atom. The average Bonchev–Trinajstić information content (AvgIpc) is 2.98. The van der Waals surface area contributed by atoms with Gasteiger partial charge in [0.25, 0.3) is 0 Å². The maximum atomic E-state index is 12.5. The van der Waals surface area contributed by atoms with E-state index < -0.39 is 12.1 Å². The van der Waals surface area contributed by atoms with E-state index in [0.29, 0.717) is 5.56 Å². The Bertz CT molecular complexity index is 713. The molecule has 0 saturated heterocycles. The van der Waals surface area contributed by atoms with Crippen LogP contribution in [0.4, 0.5) is 13.2 Å². The molecule has 0 aliphatic heterocycles. The summed E-state index contributed by atoms with van der Waals surface area (Å²) in [6.45, 7) is 1.74. The van der Waals surface area contributed by atoms with E-state index in [1.54, 1.807) is 19.1 Å². The van der Waals surface area contributed by atoms with Gasteiger partial charge in [-0.1, -0.05) is 17.3 Å².